The summed E-state index contributed by atoms with van der Waals surface area (Å²) in [5.41, 5.74) is -0.0205. The lowest BCUT2D eigenvalue weighted by atomic mass is 10.1. The van der Waals surface area contributed by atoms with Crippen molar-refractivity contribution in [3.63, 3.8) is 0 Å². The minimum absolute atomic E-state index is 0.0103. The van der Waals surface area contributed by atoms with Crippen molar-refractivity contribution in [1.29, 1.82) is 0 Å². The predicted molar refractivity (Wildman–Crippen MR) is 79.0 cm³/mol. The quantitative estimate of drug-likeness (QED) is 0.703. The van der Waals surface area contributed by atoms with Crippen LogP contribution in [0, 0.1) is 0 Å². The van der Waals surface area contributed by atoms with E-state index in [1.165, 1.54) is 9.75 Å². The van der Waals surface area contributed by atoms with Crippen LogP contribution in [0.5, 0.6) is 0 Å². The molecular formula is C14H22N2S. The molecule has 0 aliphatic rings. The minimum Gasteiger partial charge on any atom is -0.286 e. The Hall–Kier alpha value is -0.960. The van der Waals surface area contributed by atoms with E-state index in [0.717, 1.165) is 0 Å². The van der Waals surface area contributed by atoms with Gasteiger partial charge in [-0.1, -0.05) is 0 Å². The fraction of sp³-hybridized carbons (Fsp3) is 0.571. The fourth-order valence-corrected chi connectivity index (χ4v) is 1.78. The van der Waals surface area contributed by atoms with Crippen molar-refractivity contribution >= 4 is 23.8 Å². The maximum absolute atomic E-state index is 4.49. The summed E-state index contributed by atoms with van der Waals surface area (Å²) in [6, 6.07) is 4.17. The summed E-state index contributed by atoms with van der Waals surface area (Å²) in [7, 11) is 0. The molecule has 0 saturated carbocycles. The average molecular weight is 250 g/mol. The van der Waals surface area contributed by atoms with Crippen molar-refractivity contribution in [2.45, 2.75) is 52.6 Å². The van der Waals surface area contributed by atoms with Crippen molar-refractivity contribution in [1.82, 2.24) is 0 Å². The third kappa shape index (κ3) is 6.37. The smallest absolute Gasteiger partial charge is 0.0524 e. The lowest BCUT2D eigenvalue weighted by Gasteiger charge is -2.10. The van der Waals surface area contributed by atoms with Gasteiger partial charge in [-0.15, -0.1) is 11.3 Å². The van der Waals surface area contributed by atoms with Gasteiger partial charge in [0.25, 0.3) is 0 Å². The molecule has 1 aromatic rings. The Balaban J connectivity index is 2.73. The van der Waals surface area contributed by atoms with Gasteiger partial charge in [0, 0.05) is 22.2 Å². The molecule has 1 aromatic heterocycles. The molecule has 2 nitrogen and oxygen atoms in total. The van der Waals surface area contributed by atoms with Crippen LogP contribution in [0.4, 0.5) is 0 Å². The van der Waals surface area contributed by atoms with Crippen molar-refractivity contribution < 1.29 is 0 Å². The van der Waals surface area contributed by atoms with Gasteiger partial charge in [0.1, 0.15) is 0 Å². The van der Waals surface area contributed by atoms with Gasteiger partial charge in [-0.25, -0.2) is 0 Å². The zero-order chi connectivity index (χ0) is 13.1. The highest BCUT2D eigenvalue weighted by molar-refractivity contribution is 7.15. The van der Waals surface area contributed by atoms with Gasteiger partial charge < -0.3 is 0 Å². The van der Waals surface area contributed by atoms with Crippen LogP contribution in [0.2, 0.25) is 0 Å². The predicted octanol–water partition coefficient (Wildman–Crippen LogP) is 4.18. The largest absolute Gasteiger partial charge is 0.286 e. The fourth-order valence-electron chi connectivity index (χ4n) is 1.02. The molecule has 0 atom stereocenters. The van der Waals surface area contributed by atoms with Gasteiger partial charge in [-0.2, -0.15) is 0 Å². The van der Waals surface area contributed by atoms with Crippen LogP contribution in [0.15, 0.2) is 22.1 Å². The molecule has 94 valence electrons. The molecule has 0 fully saturated rings. The molecule has 0 aromatic carbocycles. The highest BCUT2D eigenvalue weighted by atomic mass is 32.1. The first-order valence-corrected chi connectivity index (χ1v) is 6.68. The van der Waals surface area contributed by atoms with E-state index < -0.39 is 0 Å². The molecule has 1 rings (SSSR count). The molecule has 0 aliphatic heterocycles. The number of rotatable bonds is 2. The first kappa shape index (κ1) is 14.1. The lowest BCUT2D eigenvalue weighted by molar-refractivity contribution is 0.586. The van der Waals surface area contributed by atoms with Gasteiger partial charge >= 0.3 is 0 Å². The van der Waals surface area contributed by atoms with E-state index in [2.05, 4.69) is 63.7 Å². The van der Waals surface area contributed by atoms with Crippen LogP contribution < -0.4 is 0 Å². The van der Waals surface area contributed by atoms with Crippen LogP contribution in [0.3, 0.4) is 0 Å². The van der Waals surface area contributed by atoms with Gasteiger partial charge in [0.15, 0.2) is 0 Å². The Kier molecular flexibility index (Phi) is 4.26. The minimum atomic E-state index is -0.0103. The molecule has 3 heteroatoms. The van der Waals surface area contributed by atoms with E-state index in [4.69, 9.17) is 0 Å². The van der Waals surface area contributed by atoms with Crippen LogP contribution in [-0.4, -0.2) is 23.5 Å². The molecule has 0 saturated heterocycles. The number of hydrogen-bond donors (Lipinski definition) is 0. The van der Waals surface area contributed by atoms with Crippen LogP contribution in [-0.2, 0) is 0 Å². The summed E-state index contributed by atoms with van der Waals surface area (Å²) in [4.78, 5) is 11.3. The zero-order valence-corrected chi connectivity index (χ0v) is 12.4. The summed E-state index contributed by atoms with van der Waals surface area (Å²) < 4.78 is 0. The summed E-state index contributed by atoms with van der Waals surface area (Å²) in [6.45, 7) is 12.6. The Labute approximate surface area is 109 Å². The first-order chi connectivity index (χ1) is 7.66. The van der Waals surface area contributed by atoms with Crippen molar-refractivity contribution in [2.75, 3.05) is 0 Å². The molecule has 0 radical (unpaired) electrons. The van der Waals surface area contributed by atoms with Gasteiger partial charge in [0.2, 0.25) is 0 Å². The van der Waals surface area contributed by atoms with E-state index in [1.807, 2.05) is 12.4 Å². The summed E-state index contributed by atoms with van der Waals surface area (Å²) >= 11 is 1.72. The molecule has 0 bridgehead atoms. The Bertz CT molecular complexity index is 376. The third-order valence-electron chi connectivity index (χ3n) is 1.81. The number of hydrogen-bond acceptors (Lipinski definition) is 3. The van der Waals surface area contributed by atoms with Gasteiger partial charge in [-0.3, -0.25) is 9.98 Å². The maximum atomic E-state index is 4.49. The Morgan fingerprint density at radius 3 is 1.47 bits per heavy atom. The van der Waals surface area contributed by atoms with E-state index in [1.54, 1.807) is 11.3 Å². The molecule has 1 heterocycles. The molecule has 0 aliphatic carbocycles. The van der Waals surface area contributed by atoms with Crippen molar-refractivity contribution in [2.24, 2.45) is 9.98 Å². The normalized spacial score (nSPS) is 14.0. The summed E-state index contributed by atoms with van der Waals surface area (Å²) in [6.07, 6.45) is 3.89. The zero-order valence-electron chi connectivity index (χ0n) is 11.6. The molecule has 17 heavy (non-hydrogen) atoms. The standard InChI is InChI=1S/C14H22N2S/c1-13(2,3)15-9-11-7-8-12(17-11)10-16-14(4,5)6/h7-10H,1-6H3. The molecule has 0 amide bonds. The van der Waals surface area contributed by atoms with Crippen LogP contribution >= 0.6 is 11.3 Å². The van der Waals surface area contributed by atoms with Crippen molar-refractivity contribution in [3.8, 4) is 0 Å². The van der Waals surface area contributed by atoms with Crippen LogP contribution in [0.25, 0.3) is 0 Å². The van der Waals surface area contributed by atoms with E-state index in [0.29, 0.717) is 0 Å². The summed E-state index contributed by atoms with van der Waals surface area (Å²) in [5.74, 6) is 0. The second-order valence-corrected chi connectivity index (χ2v) is 7.25. The highest BCUT2D eigenvalue weighted by Gasteiger charge is 2.06. The number of thiophene rings is 1. The first-order valence-electron chi connectivity index (χ1n) is 5.86. The maximum Gasteiger partial charge on any atom is 0.0524 e. The van der Waals surface area contributed by atoms with E-state index >= 15 is 0 Å². The second-order valence-electron chi connectivity index (χ2n) is 6.10. The topological polar surface area (TPSA) is 24.7 Å². The lowest BCUT2D eigenvalue weighted by Crippen LogP contribution is -2.09. The Morgan fingerprint density at radius 2 is 1.18 bits per heavy atom. The monoisotopic (exact) mass is 250 g/mol. The second kappa shape index (κ2) is 5.13. The van der Waals surface area contributed by atoms with Crippen LogP contribution in [0.1, 0.15) is 51.3 Å². The summed E-state index contributed by atoms with van der Waals surface area (Å²) in [5, 5.41) is 0. The molecule has 0 N–H and O–H groups in total. The van der Waals surface area contributed by atoms with Gasteiger partial charge in [0.05, 0.1) is 11.1 Å². The average Bonchev–Trinajstić information content (AvgIpc) is 2.57. The third-order valence-corrected chi connectivity index (χ3v) is 2.76. The van der Waals surface area contributed by atoms with E-state index in [-0.39, 0.29) is 11.1 Å². The SMILES string of the molecule is CC(C)(C)N=Cc1ccc(C=NC(C)(C)C)s1. The molecule has 0 unspecified atom stereocenters. The van der Waals surface area contributed by atoms with E-state index in [9.17, 15) is 0 Å². The Morgan fingerprint density at radius 1 is 0.824 bits per heavy atom. The molecular weight excluding hydrogens is 228 g/mol. The molecule has 0 spiro atoms. The van der Waals surface area contributed by atoms with Crippen molar-refractivity contribution in [3.05, 3.63) is 21.9 Å². The van der Waals surface area contributed by atoms with Gasteiger partial charge in [-0.05, 0) is 53.7 Å². The number of aliphatic imine (C=N–C) groups is 2. The highest BCUT2D eigenvalue weighted by Crippen LogP contribution is 2.15. The number of nitrogens with zero attached hydrogens (tertiary/aromatic N) is 2.